The Morgan fingerprint density at radius 3 is 1.69 bits per heavy atom. The minimum atomic E-state index is 0.279. The minimum Gasteiger partial charge on any atom is -0.0704 e. The van der Waals surface area contributed by atoms with Crippen molar-refractivity contribution in [3.05, 3.63) is 21.7 Å². The first kappa shape index (κ1) is 11.0. The van der Waals surface area contributed by atoms with Crippen molar-refractivity contribution in [3.63, 3.8) is 0 Å². The zero-order chi connectivity index (χ0) is 10.4. The van der Waals surface area contributed by atoms with Crippen LogP contribution in [-0.4, -0.2) is 0 Å². The lowest BCUT2D eigenvalue weighted by molar-refractivity contribution is 0.520. The van der Waals surface area contributed by atoms with Crippen LogP contribution in [0.15, 0.2) is 21.7 Å². The normalized spacial score (nSPS) is 21.3. The molecule has 0 saturated heterocycles. The topological polar surface area (TPSA) is 0 Å². The first-order valence-electron chi connectivity index (χ1n) is 4.77. The quantitative estimate of drug-likeness (QED) is 0.580. The van der Waals surface area contributed by atoms with E-state index in [-0.39, 0.29) is 10.8 Å². The van der Waals surface area contributed by atoms with Gasteiger partial charge in [0, 0.05) is 4.48 Å². The third-order valence-electron chi connectivity index (χ3n) is 1.99. The highest BCUT2D eigenvalue weighted by Crippen LogP contribution is 2.53. The molecule has 0 amide bonds. The molecule has 1 heteroatoms. The van der Waals surface area contributed by atoms with Crippen LogP contribution in [0.25, 0.3) is 0 Å². The van der Waals surface area contributed by atoms with Crippen molar-refractivity contribution >= 4 is 15.9 Å². The summed E-state index contributed by atoms with van der Waals surface area (Å²) < 4.78 is 1.33. The van der Waals surface area contributed by atoms with Crippen molar-refractivity contribution in [3.8, 4) is 0 Å². The third kappa shape index (κ3) is 2.70. The average Bonchev–Trinajstić information content (AvgIpc) is 2.34. The molecule has 0 aliphatic heterocycles. The smallest absolute Gasteiger partial charge is 0.0291 e. The summed E-state index contributed by atoms with van der Waals surface area (Å²) in [6, 6.07) is 0. The van der Waals surface area contributed by atoms with E-state index in [9.17, 15) is 0 Å². The van der Waals surface area contributed by atoms with Crippen LogP contribution in [0.4, 0.5) is 0 Å². The largest absolute Gasteiger partial charge is 0.0704 e. The Balaban J connectivity index is 2.82. The molecule has 0 N–H and O–H groups in total. The van der Waals surface area contributed by atoms with Crippen LogP contribution in [-0.2, 0) is 0 Å². The molecule has 0 aromatic carbocycles. The van der Waals surface area contributed by atoms with Gasteiger partial charge in [0.1, 0.15) is 0 Å². The molecule has 13 heavy (non-hydrogen) atoms. The molecule has 0 unspecified atom stereocenters. The number of allylic oxidation sites excluding steroid dienone is 4. The predicted molar refractivity (Wildman–Crippen MR) is 62.9 cm³/mol. The van der Waals surface area contributed by atoms with Gasteiger partial charge < -0.3 is 0 Å². The van der Waals surface area contributed by atoms with Crippen molar-refractivity contribution in [2.75, 3.05) is 0 Å². The average molecular weight is 243 g/mol. The van der Waals surface area contributed by atoms with Crippen molar-refractivity contribution in [2.24, 2.45) is 10.8 Å². The molecule has 1 rings (SSSR count). The molecular weight excluding hydrogens is 224 g/mol. The van der Waals surface area contributed by atoms with E-state index < -0.39 is 0 Å². The van der Waals surface area contributed by atoms with E-state index in [0.717, 1.165) is 0 Å². The fourth-order valence-electron chi connectivity index (χ4n) is 1.48. The summed E-state index contributed by atoms with van der Waals surface area (Å²) in [5, 5.41) is 0. The zero-order valence-electron chi connectivity index (χ0n) is 9.46. The molecule has 1 aliphatic carbocycles. The molecule has 1 aliphatic rings. The van der Waals surface area contributed by atoms with Crippen LogP contribution in [0, 0.1) is 10.8 Å². The number of hydrogen-bond donors (Lipinski definition) is 0. The second kappa shape index (κ2) is 2.98. The monoisotopic (exact) mass is 242 g/mol. The highest BCUT2D eigenvalue weighted by atomic mass is 79.9. The third-order valence-corrected chi connectivity index (χ3v) is 2.81. The second-order valence-electron chi connectivity index (χ2n) is 5.86. The Bertz CT molecular complexity index is 279. The van der Waals surface area contributed by atoms with Gasteiger partial charge in [-0.2, -0.15) is 0 Å². The van der Waals surface area contributed by atoms with Crippen LogP contribution in [0.1, 0.15) is 41.5 Å². The van der Waals surface area contributed by atoms with Gasteiger partial charge in [0.25, 0.3) is 0 Å². The van der Waals surface area contributed by atoms with E-state index in [4.69, 9.17) is 0 Å². The highest BCUT2D eigenvalue weighted by Gasteiger charge is 2.36. The first-order valence-corrected chi connectivity index (χ1v) is 5.56. The molecule has 0 bridgehead atoms. The summed E-state index contributed by atoms with van der Waals surface area (Å²) in [5.41, 5.74) is 3.49. The van der Waals surface area contributed by atoms with E-state index in [1.54, 1.807) is 0 Å². The standard InChI is InChI=1S/C12H19Br/c1-11(2,3)7-8-9(10(8)13)12(4,5)6/h7H,1-6H3. The van der Waals surface area contributed by atoms with Gasteiger partial charge in [-0.05, 0) is 37.9 Å². The predicted octanol–water partition coefficient (Wildman–Crippen LogP) is 4.67. The fraction of sp³-hybridized carbons (Fsp3) is 0.667. The number of hydrogen-bond acceptors (Lipinski definition) is 0. The first-order chi connectivity index (χ1) is 5.63. The summed E-state index contributed by atoms with van der Waals surface area (Å²) in [5.74, 6) is 0. The fourth-order valence-corrected chi connectivity index (χ4v) is 2.50. The molecule has 0 atom stereocenters. The van der Waals surface area contributed by atoms with Gasteiger partial charge in [-0.1, -0.05) is 47.6 Å². The molecule has 0 saturated carbocycles. The van der Waals surface area contributed by atoms with Gasteiger partial charge in [0.05, 0.1) is 0 Å². The highest BCUT2D eigenvalue weighted by molar-refractivity contribution is 9.12. The van der Waals surface area contributed by atoms with Crippen molar-refractivity contribution in [1.82, 2.24) is 0 Å². The summed E-state index contributed by atoms with van der Waals surface area (Å²) in [6.07, 6.45) is 2.34. The number of rotatable bonds is 0. The van der Waals surface area contributed by atoms with Gasteiger partial charge in [0.2, 0.25) is 0 Å². The Morgan fingerprint density at radius 1 is 1.00 bits per heavy atom. The van der Waals surface area contributed by atoms with Crippen LogP contribution < -0.4 is 0 Å². The maximum absolute atomic E-state index is 3.61. The van der Waals surface area contributed by atoms with Crippen LogP contribution in [0.5, 0.6) is 0 Å². The van der Waals surface area contributed by atoms with E-state index in [2.05, 4.69) is 63.5 Å². The van der Waals surface area contributed by atoms with Crippen LogP contribution >= 0.6 is 15.9 Å². The molecule has 0 heterocycles. The van der Waals surface area contributed by atoms with Crippen LogP contribution in [0.2, 0.25) is 0 Å². The SMILES string of the molecule is CC(C)(C)C=C1C(Br)=C1C(C)(C)C. The molecule has 0 radical (unpaired) electrons. The molecule has 0 nitrogen and oxygen atoms in total. The lowest BCUT2D eigenvalue weighted by atomic mass is 9.89. The maximum atomic E-state index is 3.61. The minimum absolute atomic E-state index is 0.279. The summed E-state index contributed by atoms with van der Waals surface area (Å²) in [4.78, 5) is 0. The molecule has 0 aromatic heterocycles. The Labute approximate surface area is 90.2 Å². The van der Waals surface area contributed by atoms with Gasteiger partial charge in [-0.25, -0.2) is 0 Å². The van der Waals surface area contributed by atoms with E-state index in [0.29, 0.717) is 0 Å². The Kier molecular flexibility index (Phi) is 2.53. The zero-order valence-corrected chi connectivity index (χ0v) is 11.0. The summed E-state index contributed by atoms with van der Waals surface area (Å²) >= 11 is 3.61. The summed E-state index contributed by atoms with van der Waals surface area (Å²) in [7, 11) is 0. The lowest BCUT2D eigenvalue weighted by Gasteiger charge is -2.15. The Hall–Kier alpha value is -0.0400. The molecular formula is C12H19Br. The van der Waals surface area contributed by atoms with Crippen molar-refractivity contribution in [2.45, 2.75) is 41.5 Å². The van der Waals surface area contributed by atoms with Gasteiger partial charge in [-0.3, -0.25) is 0 Å². The van der Waals surface area contributed by atoms with E-state index in [1.165, 1.54) is 15.6 Å². The van der Waals surface area contributed by atoms with Gasteiger partial charge in [0.15, 0.2) is 0 Å². The molecule has 0 spiro atoms. The van der Waals surface area contributed by atoms with Crippen LogP contribution in [0.3, 0.4) is 0 Å². The Morgan fingerprint density at radius 2 is 1.46 bits per heavy atom. The van der Waals surface area contributed by atoms with Crippen molar-refractivity contribution in [1.29, 1.82) is 0 Å². The molecule has 74 valence electrons. The van der Waals surface area contributed by atoms with Gasteiger partial charge in [-0.15, -0.1) is 0 Å². The van der Waals surface area contributed by atoms with E-state index >= 15 is 0 Å². The summed E-state index contributed by atoms with van der Waals surface area (Å²) in [6.45, 7) is 13.5. The lowest BCUT2D eigenvalue weighted by Crippen LogP contribution is -2.04. The van der Waals surface area contributed by atoms with Crippen molar-refractivity contribution < 1.29 is 0 Å². The molecule has 0 fully saturated rings. The van der Waals surface area contributed by atoms with Gasteiger partial charge >= 0.3 is 0 Å². The van der Waals surface area contributed by atoms with E-state index in [1.807, 2.05) is 0 Å². The maximum Gasteiger partial charge on any atom is 0.0291 e. The second-order valence-corrected chi connectivity index (χ2v) is 6.66. The number of halogens is 1. The molecule has 0 aromatic rings.